The molecule has 0 aliphatic rings. The molecule has 0 radical (unpaired) electrons. The summed E-state index contributed by atoms with van der Waals surface area (Å²) in [5.41, 5.74) is 0.700. The maximum absolute atomic E-state index is 12.4. The third kappa shape index (κ3) is 2.21. The Morgan fingerprint density at radius 2 is 1.50 bits per heavy atom. The molecule has 0 saturated heterocycles. The van der Waals surface area contributed by atoms with E-state index in [1.807, 2.05) is 0 Å². The van der Waals surface area contributed by atoms with Gasteiger partial charge in [-0.1, -0.05) is 23.4 Å². The van der Waals surface area contributed by atoms with Gasteiger partial charge in [0, 0.05) is 5.56 Å². The number of nitrogens with zero attached hydrogens (tertiary/aromatic N) is 2. The Kier molecular flexibility index (Phi) is 3.08. The maximum atomic E-state index is 12.4. The number of aromatic nitrogens is 2. The SMILES string of the molecule is O=S(=O)(c1ccccc1)c1ccc(-c2ncon2)cc1. The molecule has 0 amide bonds. The number of hydrogen-bond donors (Lipinski definition) is 0. The van der Waals surface area contributed by atoms with Crippen LogP contribution in [-0.2, 0) is 9.84 Å². The first-order valence-corrected chi connectivity index (χ1v) is 7.33. The van der Waals surface area contributed by atoms with Crippen LogP contribution in [-0.4, -0.2) is 18.6 Å². The van der Waals surface area contributed by atoms with E-state index in [2.05, 4.69) is 14.7 Å². The van der Waals surface area contributed by atoms with Crippen LogP contribution in [0.25, 0.3) is 11.4 Å². The molecule has 0 spiro atoms. The van der Waals surface area contributed by atoms with Gasteiger partial charge in [-0.05, 0) is 36.4 Å². The molecule has 0 saturated carbocycles. The average molecular weight is 286 g/mol. The second kappa shape index (κ2) is 4.90. The van der Waals surface area contributed by atoms with E-state index in [0.29, 0.717) is 11.4 Å². The number of benzene rings is 2. The lowest BCUT2D eigenvalue weighted by atomic mass is 10.2. The van der Waals surface area contributed by atoms with E-state index in [0.717, 1.165) is 0 Å². The average Bonchev–Trinajstić information content (AvgIpc) is 3.02. The summed E-state index contributed by atoms with van der Waals surface area (Å²) in [7, 11) is -3.49. The molecule has 3 rings (SSSR count). The molecule has 0 atom stereocenters. The topological polar surface area (TPSA) is 73.1 Å². The highest BCUT2D eigenvalue weighted by Gasteiger charge is 2.17. The predicted octanol–water partition coefficient (Wildman–Crippen LogP) is 2.57. The van der Waals surface area contributed by atoms with E-state index in [9.17, 15) is 8.42 Å². The van der Waals surface area contributed by atoms with Crippen LogP contribution in [0.15, 0.2) is 75.3 Å². The molecule has 3 aromatic rings. The van der Waals surface area contributed by atoms with Crippen molar-refractivity contribution in [1.82, 2.24) is 10.1 Å². The summed E-state index contributed by atoms with van der Waals surface area (Å²) in [6.07, 6.45) is 1.23. The molecule has 20 heavy (non-hydrogen) atoms. The molecular formula is C14H10N2O3S. The molecule has 0 bridgehead atoms. The smallest absolute Gasteiger partial charge is 0.214 e. The molecule has 2 aromatic carbocycles. The van der Waals surface area contributed by atoms with Crippen LogP contribution in [0, 0.1) is 0 Å². The van der Waals surface area contributed by atoms with Crippen molar-refractivity contribution in [2.75, 3.05) is 0 Å². The Balaban J connectivity index is 2.00. The third-order valence-corrected chi connectivity index (χ3v) is 4.62. The zero-order valence-electron chi connectivity index (χ0n) is 10.3. The van der Waals surface area contributed by atoms with Gasteiger partial charge in [-0.3, -0.25) is 0 Å². The number of hydrogen-bond acceptors (Lipinski definition) is 5. The molecule has 0 aliphatic heterocycles. The second-order valence-electron chi connectivity index (χ2n) is 4.10. The fourth-order valence-electron chi connectivity index (χ4n) is 1.82. The lowest BCUT2D eigenvalue weighted by Crippen LogP contribution is -2.01. The van der Waals surface area contributed by atoms with Crippen molar-refractivity contribution < 1.29 is 12.9 Å². The van der Waals surface area contributed by atoms with Crippen molar-refractivity contribution in [3.05, 3.63) is 61.0 Å². The number of sulfone groups is 1. The monoisotopic (exact) mass is 286 g/mol. The second-order valence-corrected chi connectivity index (χ2v) is 6.05. The fraction of sp³-hybridized carbons (Fsp3) is 0. The largest absolute Gasteiger partial charge is 0.342 e. The van der Waals surface area contributed by atoms with Crippen LogP contribution >= 0.6 is 0 Å². The van der Waals surface area contributed by atoms with Crippen LogP contribution in [0.2, 0.25) is 0 Å². The predicted molar refractivity (Wildman–Crippen MR) is 71.6 cm³/mol. The lowest BCUT2D eigenvalue weighted by molar-refractivity contribution is 0.419. The van der Waals surface area contributed by atoms with Gasteiger partial charge in [0.1, 0.15) is 0 Å². The van der Waals surface area contributed by atoms with Crippen molar-refractivity contribution in [3.8, 4) is 11.4 Å². The fourth-order valence-corrected chi connectivity index (χ4v) is 3.10. The van der Waals surface area contributed by atoms with Crippen molar-refractivity contribution in [2.45, 2.75) is 9.79 Å². The highest BCUT2D eigenvalue weighted by atomic mass is 32.2. The lowest BCUT2D eigenvalue weighted by Gasteiger charge is -2.04. The summed E-state index contributed by atoms with van der Waals surface area (Å²) in [4.78, 5) is 4.41. The standard InChI is InChI=1S/C14H10N2O3S/c17-20(18,12-4-2-1-3-5-12)13-8-6-11(7-9-13)14-15-10-19-16-14/h1-10H. The minimum absolute atomic E-state index is 0.232. The van der Waals surface area contributed by atoms with Gasteiger partial charge in [0.15, 0.2) is 0 Å². The molecule has 1 aromatic heterocycles. The molecular weight excluding hydrogens is 276 g/mol. The van der Waals surface area contributed by atoms with Crippen molar-refractivity contribution in [3.63, 3.8) is 0 Å². The zero-order chi connectivity index (χ0) is 14.0. The summed E-state index contributed by atoms with van der Waals surface area (Å²) in [5, 5.41) is 3.70. The highest BCUT2D eigenvalue weighted by Crippen LogP contribution is 2.23. The van der Waals surface area contributed by atoms with Gasteiger partial charge in [0.2, 0.25) is 22.1 Å². The molecule has 0 fully saturated rings. The van der Waals surface area contributed by atoms with Crippen LogP contribution in [0.1, 0.15) is 0 Å². The van der Waals surface area contributed by atoms with Gasteiger partial charge >= 0.3 is 0 Å². The molecule has 1 heterocycles. The minimum atomic E-state index is -3.49. The Labute approximate surface area is 115 Å². The first-order valence-electron chi connectivity index (χ1n) is 5.85. The Morgan fingerprint density at radius 3 is 2.10 bits per heavy atom. The van der Waals surface area contributed by atoms with Gasteiger partial charge in [-0.25, -0.2) is 8.42 Å². The van der Waals surface area contributed by atoms with Crippen LogP contribution in [0.4, 0.5) is 0 Å². The summed E-state index contributed by atoms with van der Waals surface area (Å²) >= 11 is 0. The summed E-state index contributed by atoms with van der Waals surface area (Å²) in [5.74, 6) is 0.425. The molecule has 0 aliphatic carbocycles. The van der Waals surface area contributed by atoms with Gasteiger partial charge in [0.05, 0.1) is 9.79 Å². The summed E-state index contributed by atoms with van der Waals surface area (Å²) in [6, 6.07) is 14.7. The zero-order valence-corrected chi connectivity index (χ0v) is 11.1. The molecule has 6 heteroatoms. The van der Waals surface area contributed by atoms with E-state index in [-0.39, 0.29) is 9.79 Å². The van der Waals surface area contributed by atoms with Gasteiger partial charge in [-0.2, -0.15) is 4.98 Å². The third-order valence-electron chi connectivity index (χ3n) is 2.84. The van der Waals surface area contributed by atoms with Crippen molar-refractivity contribution >= 4 is 9.84 Å². The Bertz CT molecular complexity index is 795. The van der Waals surface area contributed by atoms with E-state index >= 15 is 0 Å². The van der Waals surface area contributed by atoms with Crippen LogP contribution in [0.3, 0.4) is 0 Å². The summed E-state index contributed by atoms with van der Waals surface area (Å²) < 4.78 is 29.4. The molecule has 100 valence electrons. The van der Waals surface area contributed by atoms with E-state index < -0.39 is 9.84 Å². The van der Waals surface area contributed by atoms with Gasteiger partial charge < -0.3 is 4.52 Å². The van der Waals surface area contributed by atoms with E-state index in [1.165, 1.54) is 18.5 Å². The molecule has 0 N–H and O–H groups in total. The first kappa shape index (κ1) is 12.6. The summed E-state index contributed by atoms with van der Waals surface area (Å²) in [6.45, 7) is 0. The quantitative estimate of drug-likeness (QED) is 0.740. The Morgan fingerprint density at radius 1 is 0.850 bits per heavy atom. The van der Waals surface area contributed by atoms with Crippen LogP contribution < -0.4 is 0 Å². The molecule has 5 nitrogen and oxygen atoms in total. The first-order chi connectivity index (χ1) is 9.68. The van der Waals surface area contributed by atoms with Gasteiger partial charge in [0.25, 0.3) is 0 Å². The Hall–Kier alpha value is -2.47. The van der Waals surface area contributed by atoms with E-state index in [1.54, 1.807) is 42.5 Å². The van der Waals surface area contributed by atoms with Crippen molar-refractivity contribution in [2.24, 2.45) is 0 Å². The number of rotatable bonds is 3. The highest BCUT2D eigenvalue weighted by molar-refractivity contribution is 7.91. The van der Waals surface area contributed by atoms with Crippen LogP contribution in [0.5, 0.6) is 0 Å². The van der Waals surface area contributed by atoms with Crippen molar-refractivity contribution in [1.29, 1.82) is 0 Å². The van der Waals surface area contributed by atoms with Gasteiger partial charge in [-0.15, -0.1) is 0 Å². The maximum Gasteiger partial charge on any atom is 0.214 e. The van der Waals surface area contributed by atoms with E-state index in [4.69, 9.17) is 0 Å². The normalized spacial score (nSPS) is 11.4. The molecule has 0 unspecified atom stereocenters. The minimum Gasteiger partial charge on any atom is -0.342 e.